The van der Waals surface area contributed by atoms with Crippen molar-refractivity contribution in [1.29, 1.82) is 0 Å². The molecule has 0 fully saturated rings. The number of carbonyl (C=O) groups excluding carboxylic acids is 1. The molecule has 0 N–H and O–H groups in total. The molecule has 4 nitrogen and oxygen atoms in total. The number of Topliss-reactive ketones (excluding diaryl/α,β-unsaturated/α-hetero) is 1. The third-order valence-electron chi connectivity index (χ3n) is 2.49. The minimum Gasteiger partial charge on any atom is -0.739 e. The summed E-state index contributed by atoms with van der Waals surface area (Å²) < 4.78 is 31.8. The summed E-state index contributed by atoms with van der Waals surface area (Å²) in [5.41, 5.74) is 1.46. The van der Waals surface area contributed by atoms with Gasteiger partial charge in [0.05, 0.1) is 5.25 Å². The summed E-state index contributed by atoms with van der Waals surface area (Å²) in [6, 6.07) is 7.08. The standard InChI is InChI=1S/C10H10O4S2.Na/c11-10-8-4-2-1-3-7(8)5-6-9(10)15-16(12,13)14;/h1-4,9H,5-6H2,(H,12,13,14);/q;+1/p-1. The predicted molar refractivity (Wildman–Crippen MR) is 60.2 cm³/mol. The minimum atomic E-state index is -4.41. The van der Waals surface area contributed by atoms with Gasteiger partial charge in [-0.05, 0) is 29.2 Å². The van der Waals surface area contributed by atoms with Crippen molar-refractivity contribution in [1.82, 2.24) is 0 Å². The van der Waals surface area contributed by atoms with E-state index in [4.69, 9.17) is 0 Å². The summed E-state index contributed by atoms with van der Waals surface area (Å²) in [4.78, 5) is 11.9. The fraction of sp³-hybridized carbons (Fsp3) is 0.300. The van der Waals surface area contributed by atoms with E-state index in [1.807, 2.05) is 12.1 Å². The zero-order valence-electron chi connectivity index (χ0n) is 9.25. The number of benzene rings is 1. The second kappa shape index (κ2) is 5.86. The number of carbonyl (C=O) groups is 1. The van der Waals surface area contributed by atoms with Gasteiger partial charge in [0.25, 0.3) is 0 Å². The van der Waals surface area contributed by atoms with Crippen LogP contribution >= 0.6 is 10.8 Å². The normalized spacial score (nSPS) is 19.4. The minimum absolute atomic E-state index is 0. The number of rotatable bonds is 2. The monoisotopic (exact) mass is 280 g/mol. The van der Waals surface area contributed by atoms with E-state index in [1.165, 1.54) is 0 Å². The van der Waals surface area contributed by atoms with Crippen molar-refractivity contribution in [2.45, 2.75) is 18.1 Å². The van der Waals surface area contributed by atoms with Gasteiger partial charge in [0.1, 0.15) is 9.15 Å². The first kappa shape index (κ1) is 15.2. The molecule has 0 aromatic heterocycles. The second-order valence-electron chi connectivity index (χ2n) is 3.55. The van der Waals surface area contributed by atoms with Crippen LogP contribution in [0.15, 0.2) is 24.3 Å². The van der Waals surface area contributed by atoms with Gasteiger partial charge in [-0.15, -0.1) is 0 Å². The number of ketones is 1. The van der Waals surface area contributed by atoms with Crippen LogP contribution in [0.4, 0.5) is 0 Å². The summed E-state index contributed by atoms with van der Waals surface area (Å²) in [6.45, 7) is 0. The van der Waals surface area contributed by atoms with Crippen LogP contribution in [-0.2, 0) is 15.6 Å². The van der Waals surface area contributed by atoms with Crippen LogP contribution in [0.25, 0.3) is 0 Å². The molecular formula is C10H9NaO4S2. The molecular weight excluding hydrogens is 271 g/mol. The molecule has 0 saturated heterocycles. The first-order valence-electron chi connectivity index (χ1n) is 4.73. The van der Waals surface area contributed by atoms with Crippen LogP contribution in [0.1, 0.15) is 22.3 Å². The molecule has 17 heavy (non-hydrogen) atoms. The summed E-state index contributed by atoms with van der Waals surface area (Å²) in [7, 11) is -4.20. The van der Waals surface area contributed by atoms with Gasteiger partial charge < -0.3 is 4.55 Å². The maximum absolute atomic E-state index is 11.9. The van der Waals surface area contributed by atoms with Gasteiger partial charge in [0.2, 0.25) is 0 Å². The molecule has 1 aliphatic carbocycles. The Morgan fingerprint density at radius 3 is 2.59 bits per heavy atom. The van der Waals surface area contributed by atoms with Gasteiger partial charge in [-0.25, -0.2) is 8.42 Å². The molecule has 1 atom stereocenters. The molecule has 0 aliphatic heterocycles. The van der Waals surface area contributed by atoms with E-state index < -0.39 is 14.4 Å². The largest absolute Gasteiger partial charge is 1.00 e. The zero-order chi connectivity index (χ0) is 11.8. The van der Waals surface area contributed by atoms with E-state index >= 15 is 0 Å². The number of hydrogen-bond donors (Lipinski definition) is 0. The number of aryl methyl sites for hydroxylation is 1. The third-order valence-corrected chi connectivity index (χ3v) is 4.81. The third kappa shape index (κ3) is 3.81. The smallest absolute Gasteiger partial charge is 0.739 e. The molecule has 1 unspecified atom stereocenters. The molecule has 7 heteroatoms. The maximum atomic E-state index is 11.9. The van der Waals surface area contributed by atoms with Gasteiger partial charge in [0, 0.05) is 5.56 Å². The Kier molecular flexibility index (Phi) is 5.24. The summed E-state index contributed by atoms with van der Waals surface area (Å²) >= 11 is 0. The van der Waals surface area contributed by atoms with Crippen molar-refractivity contribution in [2.24, 2.45) is 0 Å². The summed E-state index contributed by atoms with van der Waals surface area (Å²) in [5, 5.41) is -0.752. The topological polar surface area (TPSA) is 74.3 Å². The molecule has 0 saturated carbocycles. The van der Waals surface area contributed by atoms with Crippen molar-refractivity contribution >= 4 is 25.7 Å². The number of hydrogen-bond acceptors (Lipinski definition) is 5. The van der Waals surface area contributed by atoms with Gasteiger partial charge in [-0.2, -0.15) is 0 Å². The van der Waals surface area contributed by atoms with Crippen LogP contribution in [0.5, 0.6) is 0 Å². The van der Waals surface area contributed by atoms with Gasteiger partial charge in [0.15, 0.2) is 5.78 Å². The van der Waals surface area contributed by atoms with Gasteiger partial charge in [-0.3, -0.25) is 4.79 Å². The average molecular weight is 280 g/mol. The molecule has 1 aliphatic rings. The molecule has 86 valence electrons. The van der Waals surface area contributed by atoms with Crippen molar-refractivity contribution in [3.63, 3.8) is 0 Å². The van der Waals surface area contributed by atoms with E-state index in [-0.39, 0.29) is 46.1 Å². The first-order chi connectivity index (χ1) is 7.47. The van der Waals surface area contributed by atoms with Crippen LogP contribution in [-0.4, -0.2) is 24.0 Å². The molecule has 0 amide bonds. The average Bonchev–Trinajstić information content (AvgIpc) is 2.21. The van der Waals surface area contributed by atoms with Crippen LogP contribution in [0, 0.1) is 0 Å². The summed E-state index contributed by atoms with van der Waals surface area (Å²) in [6.07, 6.45) is 1.04. The Morgan fingerprint density at radius 1 is 1.29 bits per heavy atom. The van der Waals surface area contributed by atoms with Crippen molar-refractivity contribution in [2.75, 3.05) is 0 Å². The second-order valence-corrected chi connectivity index (χ2v) is 6.93. The van der Waals surface area contributed by atoms with Crippen molar-refractivity contribution in [3.8, 4) is 0 Å². The van der Waals surface area contributed by atoms with E-state index in [1.54, 1.807) is 12.1 Å². The molecule has 1 aromatic rings. The summed E-state index contributed by atoms with van der Waals surface area (Å²) in [5.74, 6) is -0.258. The molecule has 0 heterocycles. The Hall–Kier alpha value is 0.150. The number of fused-ring (bicyclic) bond motifs is 1. The first-order valence-corrected chi connectivity index (χ1v) is 7.54. The van der Waals surface area contributed by atoms with Gasteiger partial charge in [-0.1, -0.05) is 24.3 Å². The molecule has 0 bridgehead atoms. The van der Waals surface area contributed by atoms with Crippen molar-refractivity contribution in [3.05, 3.63) is 35.4 Å². The van der Waals surface area contributed by atoms with Crippen molar-refractivity contribution < 1.29 is 47.3 Å². The van der Waals surface area contributed by atoms with Crippen LogP contribution < -0.4 is 29.6 Å². The molecule has 1 aromatic carbocycles. The van der Waals surface area contributed by atoms with Crippen LogP contribution in [0.3, 0.4) is 0 Å². The molecule has 0 radical (unpaired) electrons. The zero-order valence-corrected chi connectivity index (χ0v) is 12.9. The SMILES string of the molecule is O=C1c2ccccc2CCC1SS(=O)(=O)[O-].[Na+]. The fourth-order valence-corrected chi connectivity index (χ4v) is 3.92. The Balaban J connectivity index is 0.00000144. The Labute approximate surface area is 126 Å². The van der Waals surface area contributed by atoms with Crippen LogP contribution in [0.2, 0.25) is 0 Å². The molecule has 2 rings (SSSR count). The maximum Gasteiger partial charge on any atom is 1.00 e. The molecule has 0 spiro atoms. The van der Waals surface area contributed by atoms with E-state index in [0.29, 0.717) is 18.4 Å². The Bertz CT molecular complexity index is 527. The quantitative estimate of drug-likeness (QED) is 0.370. The Morgan fingerprint density at radius 2 is 1.94 bits per heavy atom. The fourth-order valence-electron chi connectivity index (χ4n) is 1.80. The predicted octanol–water partition coefficient (Wildman–Crippen LogP) is -1.62. The van der Waals surface area contributed by atoms with E-state index in [0.717, 1.165) is 5.56 Å². The van der Waals surface area contributed by atoms with E-state index in [9.17, 15) is 17.8 Å². The van der Waals surface area contributed by atoms with E-state index in [2.05, 4.69) is 0 Å². The van der Waals surface area contributed by atoms with Gasteiger partial charge >= 0.3 is 29.6 Å².